The van der Waals surface area contributed by atoms with Crippen molar-refractivity contribution in [2.24, 2.45) is 0 Å². The molecule has 0 radical (unpaired) electrons. The van der Waals surface area contributed by atoms with E-state index in [0.717, 1.165) is 17.0 Å². The van der Waals surface area contributed by atoms with Crippen LogP contribution in [-0.4, -0.2) is 29.9 Å². The molecule has 82 valence electrons. The molecule has 1 saturated heterocycles. The molecular formula is C10H13BrN2O2. The average molecular weight is 273 g/mol. The second-order valence-electron chi connectivity index (χ2n) is 3.64. The summed E-state index contributed by atoms with van der Waals surface area (Å²) >= 11 is 3.26. The standard InChI is InChI=1S/C10H13BrN2O2/c1-7-10(14)12-4-5-13(7)6-8-2-3-9(11)15-8/h2-3,7H,4-6H2,1H3,(H,12,14). The molecule has 0 spiro atoms. The van der Waals surface area contributed by atoms with Gasteiger partial charge < -0.3 is 9.73 Å². The minimum Gasteiger partial charge on any atom is -0.453 e. The number of hydrogen-bond acceptors (Lipinski definition) is 3. The summed E-state index contributed by atoms with van der Waals surface area (Å²) in [6.07, 6.45) is 0. The Kier molecular flexibility index (Phi) is 3.11. The van der Waals surface area contributed by atoms with Crippen LogP contribution in [0.1, 0.15) is 12.7 Å². The number of halogens is 1. The SMILES string of the molecule is CC1C(=O)NCCN1Cc1ccc(Br)o1. The summed E-state index contributed by atoms with van der Waals surface area (Å²) in [4.78, 5) is 13.5. The Hall–Kier alpha value is -0.810. The van der Waals surface area contributed by atoms with E-state index < -0.39 is 0 Å². The first-order valence-electron chi connectivity index (χ1n) is 4.93. The zero-order valence-corrected chi connectivity index (χ0v) is 10.1. The number of carbonyl (C=O) groups is 1. The molecule has 0 saturated carbocycles. The Balaban J connectivity index is 2.02. The molecule has 1 unspecified atom stereocenters. The third-order valence-corrected chi connectivity index (χ3v) is 3.04. The van der Waals surface area contributed by atoms with E-state index in [1.54, 1.807) is 0 Å². The fraction of sp³-hybridized carbons (Fsp3) is 0.500. The predicted molar refractivity (Wildman–Crippen MR) is 59.3 cm³/mol. The Morgan fingerprint density at radius 1 is 1.67 bits per heavy atom. The smallest absolute Gasteiger partial charge is 0.237 e. The first kappa shape index (κ1) is 10.7. The van der Waals surface area contributed by atoms with Gasteiger partial charge in [-0.1, -0.05) is 0 Å². The van der Waals surface area contributed by atoms with Crippen LogP contribution < -0.4 is 5.32 Å². The Morgan fingerprint density at radius 2 is 2.47 bits per heavy atom. The van der Waals surface area contributed by atoms with Crippen LogP contribution >= 0.6 is 15.9 Å². The van der Waals surface area contributed by atoms with Gasteiger partial charge in [0.1, 0.15) is 5.76 Å². The van der Waals surface area contributed by atoms with Crippen molar-refractivity contribution in [2.75, 3.05) is 13.1 Å². The maximum atomic E-state index is 11.4. The lowest BCUT2D eigenvalue weighted by molar-refractivity contribution is -0.128. The number of amides is 1. The van der Waals surface area contributed by atoms with Gasteiger partial charge in [-0.2, -0.15) is 0 Å². The molecule has 1 aliphatic heterocycles. The summed E-state index contributed by atoms with van der Waals surface area (Å²) in [5.41, 5.74) is 0. The highest BCUT2D eigenvalue weighted by molar-refractivity contribution is 9.10. The molecule has 1 N–H and O–H groups in total. The largest absolute Gasteiger partial charge is 0.453 e. The highest BCUT2D eigenvalue weighted by Gasteiger charge is 2.25. The first-order chi connectivity index (χ1) is 7.16. The maximum absolute atomic E-state index is 11.4. The zero-order valence-electron chi connectivity index (χ0n) is 8.50. The van der Waals surface area contributed by atoms with Gasteiger partial charge in [-0.05, 0) is 35.0 Å². The summed E-state index contributed by atoms with van der Waals surface area (Å²) < 4.78 is 6.14. The lowest BCUT2D eigenvalue weighted by Gasteiger charge is -2.31. The molecule has 5 heteroatoms. The van der Waals surface area contributed by atoms with Crippen molar-refractivity contribution in [3.05, 3.63) is 22.6 Å². The third-order valence-electron chi connectivity index (χ3n) is 2.61. The molecule has 1 fully saturated rings. The number of furan rings is 1. The first-order valence-corrected chi connectivity index (χ1v) is 5.72. The van der Waals surface area contributed by atoms with E-state index in [2.05, 4.69) is 26.1 Å². The molecule has 1 atom stereocenters. The Morgan fingerprint density at radius 3 is 3.13 bits per heavy atom. The molecule has 1 aromatic heterocycles. The molecule has 1 aromatic rings. The topological polar surface area (TPSA) is 45.5 Å². The molecule has 2 heterocycles. The van der Waals surface area contributed by atoms with Crippen molar-refractivity contribution in [1.82, 2.24) is 10.2 Å². The fourth-order valence-electron chi connectivity index (χ4n) is 1.68. The lowest BCUT2D eigenvalue weighted by Crippen LogP contribution is -2.53. The molecule has 4 nitrogen and oxygen atoms in total. The predicted octanol–water partition coefficient (Wildman–Crippen LogP) is 1.36. The molecule has 0 aliphatic carbocycles. The van der Waals surface area contributed by atoms with E-state index in [4.69, 9.17) is 4.42 Å². The molecular weight excluding hydrogens is 260 g/mol. The number of carbonyl (C=O) groups excluding carboxylic acids is 1. The Labute approximate surface area is 96.7 Å². The summed E-state index contributed by atoms with van der Waals surface area (Å²) in [6.45, 7) is 4.17. The van der Waals surface area contributed by atoms with Gasteiger partial charge >= 0.3 is 0 Å². The van der Waals surface area contributed by atoms with E-state index in [0.29, 0.717) is 13.1 Å². The van der Waals surface area contributed by atoms with Gasteiger partial charge in [0.05, 0.1) is 12.6 Å². The van der Waals surface area contributed by atoms with Crippen LogP contribution in [0, 0.1) is 0 Å². The molecule has 0 aromatic carbocycles. The van der Waals surface area contributed by atoms with Crippen molar-refractivity contribution in [3.63, 3.8) is 0 Å². The summed E-state index contributed by atoms with van der Waals surface area (Å²) in [7, 11) is 0. The van der Waals surface area contributed by atoms with E-state index >= 15 is 0 Å². The van der Waals surface area contributed by atoms with Gasteiger partial charge in [0, 0.05) is 13.1 Å². The maximum Gasteiger partial charge on any atom is 0.237 e. The van der Waals surface area contributed by atoms with Crippen LogP contribution in [-0.2, 0) is 11.3 Å². The Bertz CT molecular complexity index is 364. The highest BCUT2D eigenvalue weighted by Crippen LogP contribution is 2.17. The molecule has 1 amide bonds. The van der Waals surface area contributed by atoms with Gasteiger partial charge in [0.15, 0.2) is 4.67 Å². The lowest BCUT2D eigenvalue weighted by atomic mass is 10.2. The van der Waals surface area contributed by atoms with Crippen LogP contribution in [0.25, 0.3) is 0 Å². The minimum atomic E-state index is -0.0809. The second kappa shape index (κ2) is 4.37. The molecule has 0 bridgehead atoms. The van der Waals surface area contributed by atoms with Crippen molar-refractivity contribution in [3.8, 4) is 0 Å². The molecule has 2 rings (SSSR count). The minimum absolute atomic E-state index is 0.0809. The average Bonchev–Trinajstić information content (AvgIpc) is 2.59. The van der Waals surface area contributed by atoms with Gasteiger partial charge in [0.25, 0.3) is 0 Å². The molecule has 1 aliphatic rings. The van der Waals surface area contributed by atoms with Crippen molar-refractivity contribution in [2.45, 2.75) is 19.5 Å². The van der Waals surface area contributed by atoms with Gasteiger partial charge in [-0.15, -0.1) is 0 Å². The monoisotopic (exact) mass is 272 g/mol. The van der Waals surface area contributed by atoms with Gasteiger partial charge in [-0.3, -0.25) is 9.69 Å². The van der Waals surface area contributed by atoms with Crippen LogP contribution in [0.15, 0.2) is 21.2 Å². The number of nitrogens with zero attached hydrogens (tertiary/aromatic N) is 1. The van der Waals surface area contributed by atoms with Gasteiger partial charge in [0.2, 0.25) is 5.91 Å². The normalized spacial score (nSPS) is 22.8. The molecule has 15 heavy (non-hydrogen) atoms. The van der Waals surface area contributed by atoms with Crippen molar-refractivity contribution >= 4 is 21.8 Å². The third kappa shape index (κ3) is 2.41. The summed E-state index contributed by atoms with van der Waals surface area (Å²) in [5.74, 6) is 0.968. The summed E-state index contributed by atoms with van der Waals surface area (Å²) in [5, 5.41) is 2.83. The number of nitrogens with one attached hydrogen (secondary N) is 1. The van der Waals surface area contributed by atoms with Crippen molar-refractivity contribution < 1.29 is 9.21 Å². The van der Waals surface area contributed by atoms with Crippen LogP contribution in [0.2, 0.25) is 0 Å². The van der Waals surface area contributed by atoms with E-state index in [1.165, 1.54) is 0 Å². The van der Waals surface area contributed by atoms with Crippen LogP contribution in [0.3, 0.4) is 0 Å². The van der Waals surface area contributed by atoms with E-state index in [9.17, 15) is 4.79 Å². The number of hydrogen-bond donors (Lipinski definition) is 1. The van der Waals surface area contributed by atoms with Crippen LogP contribution in [0.4, 0.5) is 0 Å². The number of rotatable bonds is 2. The van der Waals surface area contributed by atoms with E-state index in [1.807, 2.05) is 19.1 Å². The van der Waals surface area contributed by atoms with Crippen LogP contribution in [0.5, 0.6) is 0 Å². The van der Waals surface area contributed by atoms with Gasteiger partial charge in [-0.25, -0.2) is 0 Å². The zero-order chi connectivity index (χ0) is 10.8. The van der Waals surface area contributed by atoms with Crippen molar-refractivity contribution in [1.29, 1.82) is 0 Å². The highest BCUT2D eigenvalue weighted by atomic mass is 79.9. The quantitative estimate of drug-likeness (QED) is 0.885. The van der Waals surface area contributed by atoms with E-state index in [-0.39, 0.29) is 11.9 Å². The second-order valence-corrected chi connectivity index (χ2v) is 4.42. The fourth-order valence-corrected chi connectivity index (χ4v) is 2.02. The summed E-state index contributed by atoms with van der Waals surface area (Å²) in [6, 6.07) is 3.70. The number of piperazine rings is 1.